The Labute approximate surface area is 62.0 Å². The monoisotopic (exact) mass is 141 g/mol. The van der Waals surface area contributed by atoms with E-state index in [-0.39, 0.29) is 5.91 Å². The second kappa shape index (κ2) is 3.04. The highest BCUT2D eigenvalue weighted by Crippen LogP contribution is 2.21. The first-order valence-electron chi connectivity index (χ1n) is 4.03. The molecule has 1 rings (SSSR count). The third kappa shape index (κ3) is 1.31. The average molecular weight is 141 g/mol. The fourth-order valence-electron chi connectivity index (χ4n) is 1.52. The minimum Gasteiger partial charge on any atom is -0.356 e. The largest absolute Gasteiger partial charge is 0.356 e. The van der Waals surface area contributed by atoms with Crippen molar-refractivity contribution < 1.29 is 4.79 Å². The molecule has 2 nitrogen and oxygen atoms in total. The molecule has 0 aromatic rings. The lowest BCUT2D eigenvalue weighted by molar-refractivity contribution is -0.123. The Balaban J connectivity index is 2.46. The van der Waals surface area contributed by atoms with Gasteiger partial charge >= 0.3 is 0 Å². The third-order valence-electron chi connectivity index (χ3n) is 2.22. The number of rotatable bonds is 2. The van der Waals surface area contributed by atoms with Crippen molar-refractivity contribution in [3.8, 4) is 0 Å². The highest BCUT2D eigenvalue weighted by atomic mass is 16.2. The summed E-state index contributed by atoms with van der Waals surface area (Å²) in [6, 6.07) is 0. The number of carbonyl (C=O) groups is 1. The molecular formula is C8H15NO. The van der Waals surface area contributed by atoms with Crippen LogP contribution in [0, 0.1) is 11.8 Å². The molecule has 2 atom stereocenters. The molecule has 58 valence electrons. The van der Waals surface area contributed by atoms with Crippen molar-refractivity contribution in [3.63, 3.8) is 0 Å². The van der Waals surface area contributed by atoms with E-state index < -0.39 is 0 Å². The fourth-order valence-corrected chi connectivity index (χ4v) is 1.52. The molecule has 1 heterocycles. The fraction of sp³-hybridized carbons (Fsp3) is 0.875. The van der Waals surface area contributed by atoms with Crippen molar-refractivity contribution in [2.75, 3.05) is 6.54 Å². The van der Waals surface area contributed by atoms with Crippen LogP contribution in [0.4, 0.5) is 0 Å². The summed E-state index contributed by atoms with van der Waals surface area (Å²) < 4.78 is 0. The van der Waals surface area contributed by atoms with Crippen LogP contribution in [0.2, 0.25) is 0 Å². The van der Waals surface area contributed by atoms with Crippen LogP contribution < -0.4 is 5.32 Å². The topological polar surface area (TPSA) is 29.1 Å². The van der Waals surface area contributed by atoms with Crippen LogP contribution in [0.25, 0.3) is 0 Å². The van der Waals surface area contributed by atoms with E-state index >= 15 is 0 Å². The van der Waals surface area contributed by atoms with E-state index in [4.69, 9.17) is 0 Å². The van der Waals surface area contributed by atoms with Gasteiger partial charge in [0.05, 0.1) is 0 Å². The zero-order valence-electron chi connectivity index (χ0n) is 6.68. The van der Waals surface area contributed by atoms with Gasteiger partial charge in [0, 0.05) is 12.5 Å². The van der Waals surface area contributed by atoms with Crippen molar-refractivity contribution >= 4 is 5.91 Å². The molecule has 1 aliphatic heterocycles. The summed E-state index contributed by atoms with van der Waals surface area (Å²) in [5.74, 6) is 1.10. The quantitative estimate of drug-likeness (QED) is 0.614. The van der Waals surface area contributed by atoms with E-state index in [1.54, 1.807) is 0 Å². The van der Waals surface area contributed by atoms with Crippen LogP contribution in [0.5, 0.6) is 0 Å². The van der Waals surface area contributed by atoms with Crippen LogP contribution in [0.1, 0.15) is 26.7 Å². The highest BCUT2D eigenvalue weighted by molar-refractivity contribution is 5.80. The van der Waals surface area contributed by atoms with E-state index in [2.05, 4.69) is 19.2 Å². The maximum Gasteiger partial charge on any atom is 0.223 e. The SMILES string of the molecule is CCCC1C(=O)NCC1C. The Hall–Kier alpha value is -0.530. The third-order valence-corrected chi connectivity index (χ3v) is 2.22. The lowest BCUT2D eigenvalue weighted by Gasteiger charge is -2.08. The maximum absolute atomic E-state index is 11.1. The summed E-state index contributed by atoms with van der Waals surface area (Å²) in [5.41, 5.74) is 0. The number of carbonyl (C=O) groups excluding carboxylic acids is 1. The van der Waals surface area contributed by atoms with Gasteiger partial charge in [0.15, 0.2) is 0 Å². The first-order valence-corrected chi connectivity index (χ1v) is 4.03. The summed E-state index contributed by atoms with van der Waals surface area (Å²) >= 11 is 0. The van der Waals surface area contributed by atoms with Gasteiger partial charge in [0.25, 0.3) is 0 Å². The maximum atomic E-state index is 11.1. The number of amides is 1. The molecule has 1 saturated heterocycles. The summed E-state index contributed by atoms with van der Waals surface area (Å²) in [5, 5.41) is 2.87. The molecule has 2 heteroatoms. The second-order valence-corrected chi connectivity index (χ2v) is 3.12. The van der Waals surface area contributed by atoms with Gasteiger partial charge in [-0.15, -0.1) is 0 Å². The molecule has 0 aromatic heterocycles. The van der Waals surface area contributed by atoms with Crippen molar-refractivity contribution in [2.45, 2.75) is 26.7 Å². The predicted octanol–water partition coefficient (Wildman–Crippen LogP) is 1.17. The smallest absolute Gasteiger partial charge is 0.223 e. The van der Waals surface area contributed by atoms with Gasteiger partial charge < -0.3 is 5.32 Å². The molecule has 1 fully saturated rings. The minimum absolute atomic E-state index is 0.259. The van der Waals surface area contributed by atoms with Crippen LogP contribution in [-0.2, 0) is 4.79 Å². The summed E-state index contributed by atoms with van der Waals surface area (Å²) in [6.07, 6.45) is 2.16. The van der Waals surface area contributed by atoms with Gasteiger partial charge in [0.2, 0.25) is 5.91 Å². The molecule has 0 radical (unpaired) electrons. The van der Waals surface area contributed by atoms with Crippen molar-refractivity contribution in [1.29, 1.82) is 0 Å². The summed E-state index contributed by atoms with van der Waals surface area (Å²) in [4.78, 5) is 11.1. The molecule has 0 saturated carbocycles. The molecular weight excluding hydrogens is 126 g/mol. The van der Waals surface area contributed by atoms with E-state index in [0.717, 1.165) is 19.4 Å². The number of hydrogen-bond acceptors (Lipinski definition) is 1. The molecule has 0 aromatic carbocycles. The number of nitrogens with one attached hydrogen (secondary N) is 1. The molecule has 0 bridgehead atoms. The minimum atomic E-state index is 0.259. The van der Waals surface area contributed by atoms with Crippen molar-refractivity contribution in [3.05, 3.63) is 0 Å². The van der Waals surface area contributed by atoms with Gasteiger partial charge in [0.1, 0.15) is 0 Å². The molecule has 2 unspecified atom stereocenters. The van der Waals surface area contributed by atoms with Crippen LogP contribution in [0.15, 0.2) is 0 Å². The van der Waals surface area contributed by atoms with Gasteiger partial charge in [-0.2, -0.15) is 0 Å². The van der Waals surface area contributed by atoms with E-state index in [0.29, 0.717) is 11.8 Å². The number of hydrogen-bond donors (Lipinski definition) is 1. The molecule has 0 spiro atoms. The van der Waals surface area contributed by atoms with Crippen LogP contribution in [0.3, 0.4) is 0 Å². The Morgan fingerprint density at radius 3 is 2.80 bits per heavy atom. The Morgan fingerprint density at radius 1 is 1.70 bits per heavy atom. The predicted molar refractivity (Wildman–Crippen MR) is 40.6 cm³/mol. The van der Waals surface area contributed by atoms with Crippen molar-refractivity contribution in [1.82, 2.24) is 5.32 Å². The molecule has 1 N–H and O–H groups in total. The molecule has 10 heavy (non-hydrogen) atoms. The van der Waals surface area contributed by atoms with Gasteiger partial charge in [-0.3, -0.25) is 4.79 Å². The highest BCUT2D eigenvalue weighted by Gasteiger charge is 2.29. The van der Waals surface area contributed by atoms with Crippen LogP contribution in [-0.4, -0.2) is 12.5 Å². The first-order chi connectivity index (χ1) is 4.75. The van der Waals surface area contributed by atoms with Crippen LogP contribution >= 0.6 is 0 Å². The van der Waals surface area contributed by atoms with Gasteiger partial charge in [-0.1, -0.05) is 20.3 Å². The Kier molecular flexibility index (Phi) is 2.30. The summed E-state index contributed by atoms with van der Waals surface area (Å²) in [7, 11) is 0. The van der Waals surface area contributed by atoms with Gasteiger partial charge in [-0.05, 0) is 12.3 Å². The molecule has 1 amide bonds. The van der Waals surface area contributed by atoms with E-state index in [1.807, 2.05) is 0 Å². The lowest BCUT2D eigenvalue weighted by atomic mass is 9.93. The Bertz CT molecular complexity index is 133. The molecule has 1 aliphatic rings. The Morgan fingerprint density at radius 2 is 2.40 bits per heavy atom. The van der Waals surface area contributed by atoms with Crippen molar-refractivity contribution in [2.24, 2.45) is 11.8 Å². The average Bonchev–Trinajstić information content (AvgIpc) is 2.20. The first kappa shape index (κ1) is 7.58. The van der Waals surface area contributed by atoms with E-state index in [1.165, 1.54) is 0 Å². The van der Waals surface area contributed by atoms with E-state index in [9.17, 15) is 4.79 Å². The standard InChI is InChI=1S/C8H15NO/c1-3-4-7-6(2)5-9-8(7)10/h6-7H,3-5H2,1-2H3,(H,9,10). The molecule has 0 aliphatic carbocycles. The zero-order valence-corrected chi connectivity index (χ0v) is 6.68. The second-order valence-electron chi connectivity index (χ2n) is 3.12. The normalized spacial score (nSPS) is 32.4. The zero-order chi connectivity index (χ0) is 7.56. The van der Waals surface area contributed by atoms with Gasteiger partial charge in [-0.25, -0.2) is 0 Å². The summed E-state index contributed by atoms with van der Waals surface area (Å²) in [6.45, 7) is 5.14. The lowest BCUT2D eigenvalue weighted by Crippen LogP contribution is -2.19.